The molecule has 21 heteroatoms. The standard InChI is InChI=1S/C28H30FNO4.C27H27FN2O4.C26H26FN3O4/c1-17-22(11-19-12-25(33-2)28(32)26(13-19)34-3)21-10-9-20(29)14-24(21)23(17)15-27(31)30-16-18-7-5-4-6-8-18;1-16-21(10-17-11-24(33-2)27(32)25(12-17)34-3)20-8-7-18(28)13-23(20)22(16)14-26(31)30-15-19-6-4-5-9-29-19;1-15-20(8-16-9-23(33-2)26(32)24(10-16)34-3)19-5-4-17(27)11-22(19)21(15)12-25(31)30-14-18-13-28-6-7-29-18/h4-10,12-14,17,22-23,32H,11,15-16H2,1-3H3,(H,30,31);4-13,16,22,32H,14-15H2,1-3H3,(H,30,31);4-11,13,15,21,32H,12,14H2,1-3H3,(H,30,31)/b;21-10-;20-8-. The van der Waals surface area contributed by atoms with Crippen molar-refractivity contribution in [1.82, 2.24) is 30.9 Å². The quantitative estimate of drug-likeness (QED) is 0.0370. The van der Waals surface area contributed by atoms with Crippen LogP contribution >= 0.6 is 0 Å². The fourth-order valence-corrected chi connectivity index (χ4v) is 13.9. The summed E-state index contributed by atoms with van der Waals surface area (Å²) in [6.07, 6.45) is 11.7. The van der Waals surface area contributed by atoms with Crippen LogP contribution in [0.3, 0.4) is 0 Å². The lowest BCUT2D eigenvalue weighted by atomic mass is 9.83. The Bertz CT molecular complexity index is 4260. The number of phenolic OH excluding ortho intramolecular Hbond substituents is 3. The number of ether oxygens (including phenoxy) is 6. The molecule has 3 amide bonds. The molecule has 0 saturated heterocycles. The summed E-state index contributed by atoms with van der Waals surface area (Å²) in [6, 6.07) is 40.0. The van der Waals surface area contributed by atoms with Crippen LogP contribution < -0.4 is 44.4 Å². The third-order valence-corrected chi connectivity index (χ3v) is 19.2. The van der Waals surface area contributed by atoms with Crippen molar-refractivity contribution in [2.75, 3.05) is 42.7 Å². The molecular weight excluding hydrogens is 1310 g/mol. The summed E-state index contributed by atoms with van der Waals surface area (Å²) in [5, 5.41) is 39.5. The lowest BCUT2D eigenvalue weighted by Gasteiger charge is -2.22. The number of pyridine rings is 1. The third kappa shape index (κ3) is 17.3. The molecule has 102 heavy (non-hydrogen) atoms. The van der Waals surface area contributed by atoms with E-state index in [1.54, 1.807) is 79.4 Å². The Morgan fingerprint density at radius 1 is 0.431 bits per heavy atom. The Hall–Kier alpha value is -11.4. The number of methoxy groups -OCH3 is 6. The number of fused-ring (bicyclic) bond motifs is 3. The number of rotatable bonds is 22. The zero-order valence-electron chi connectivity index (χ0n) is 58.2. The van der Waals surface area contributed by atoms with E-state index in [0.717, 1.165) is 72.5 Å². The van der Waals surface area contributed by atoms with Gasteiger partial charge in [0.1, 0.15) is 17.5 Å². The van der Waals surface area contributed by atoms with Crippen LogP contribution in [-0.2, 0) is 40.4 Å². The van der Waals surface area contributed by atoms with Crippen molar-refractivity contribution in [3.05, 3.63) is 249 Å². The molecule has 0 bridgehead atoms. The van der Waals surface area contributed by atoms with Crippen LogP contribution in [0.1, 0.15) is 131 Å². The zero-order valence-corrected chi connectivity index (χ0v) is 58.2. The summed E-state index contributed by atoms with van der Waals surface area (Å²) in [5.74, 6) is 0.0185. The van der Waals surface area contributed by atoms with Gasteiger partial charge in [0.25, 0.3) is 0 Å². The summed E-state index contributed by atoms with van der Waals surface area (Å²) in [5.41, 5.74) is 12.2. The molecule has 0 saturated carbocycles. The molecule has 12 rings (SSSR count). The van der Waals surface area contributed by atoms with E-state index >= 15 is 0 Å². The average Bonchev–Trinajstić information content (AvgIpc) is 1.62. The molecule has 3 aliphatic rings. The summed E-state index contributed by atoms with van der Waals surface area (Å²) < 4.78 is 74.3. The highest BCUT2D eigenvalue weighted by Gasteiger charge is 2.40. The first-order valence-corrected chi connectivity index (χ1v) is 33.4. The van der Waals surface area contributed by atoms with Crippen molar-refractivity contribution < 1.29 is 71.3 Å². The molecule has 7 atom stereocenters. The second kappa shape index (κ2) is 33.7. The minimum absolute atomic E-state index is 0.0383. The van der Waals surface area contributed by atoms with Crippen LogP contribution in [0, 0.1) is 35.2 Å². The first kappa shape index (κ1) is 73.4. The Balaban J connectivity index is 0.000000165. The van der Waals surface area contributed by atoms with Gasteiger partial charge in [-0.2, -0.15) is 0 Å². The minimum Gasteiger partial charge on any atom is -0.502 e. The number of carbonyl (C=O) groups excluding carboxylic acids is 3. The highest BCUT2D eigenvalue weighted by molar-refractivity contribution is 5.91. The average molecular weight is 1390 g/mol. The van der Waals surface area contributed by atoms with E-state index in [4.69, 9.17) is 28.4 Å². The number of carbonyl (C=O) groups is 3. The lowest BCUT2D eigenvalue weighted by molar-refractivity contribution is -0.122. The van der Waals surface area contributed by atoms with Crippen LogP contribution in [0.25, 0.3) is 23.3 Å². The molecule has 0 radical (unpaired) electrons. The molecular formula is C81H83F3N6O12. The second-order valence-electron chi connectivity index (χ2n) is 25.3. The van der Waals surface area contributed by atoms with E-state index in [2.05, 4.69) is 37.8 Å². The summed E-state index contributed by atoms with van der Waals surface area (Å²) >= 11 is 0. The number of allylic oxidation sites excluding steroid dienone is 2. The number of aromatic nitrogens is 3. The smallest absolute Gasteiger partial charge is 0.220 e. The van der Waals surface area contributed by atoms with Gasteiger partial charge in [-0.1, -0.05) is 87.5 Å². The molecule has 0 aliphatic heterocycles. The molecule has 530 valence electrons. The predicted octanol–water partition coefficient (Wildman–Crippen LogP) is 14.6. The van der Waals surface area contributed by atoms with E-state index in [1.807, 2.05) is 80.6 Å². The number of hydrogen-bond donors (Lipinski definition) is 6. The van der Waals surface area contributed by atoms with Gasteiger partial charge in [0.2, 0.25) is 35.0 Å². The highest BCUT2D eigenvalue weighted by atomic mass is 19.1. The van der Waals surface area contributed by atoms with Crippen LogP contribution in [0.4, 0.5) is 13.2 Å². The maximum atomic E-state index is 14.2. The van der Waals surface area contributed by atoms with Gasteiger partial charge in [0, 0.05) is 44.4 Å². The van der Waals surface area contributed by atoms with Gasteiger partial charge in [-0.05, 0) is 200 Å². The molecule has 3 aliphatic carbocycles. The molecule has 2 aromatic heterocycles. The topological polar surface area (TPSA) is 242 Å². The SMILES string of the molecule is COc1cc(/C=C2\c3ccc(F)cc3C(CC(=O)NCc3ccccn3)C2C)cc(OC)c1O.COc1cc(/C=C2\c3ccc(F)cc3C(CC(=O)NCc3cnccn3)C2C)cc(OC)c1O.COc1cc(CC2c3ccc(F)cc3C(CC(=O)NCc3ccccc3)C2C)cc(OC)c1O. The van der Waals surface area contributed by atoms with Gasteiger partial charge < -0.3 is 59.7 Å². The van der Waals surface area contributed by atoms with Gasteiger partial charge in [-0.15, -0.1) is 0 Å². The van der Waals surface area contributed by atoms with E-state index in [1.165, 1.54) is 73.0 Å². The monoisotopic (exact) mass is 1390 g/mol. The minimum atomic E-state index is -0.342. The molecule has 0 spiro atoms. The Morgan fingerprint density at radius 2 is 0.853 bits per heavy atom. The van der Waals surface area contributed by atoms with Crippen LogP contribution in [-0.4, -0.2) is 90.7 Å². The summed E-state index contributed by atoms with van der Waals surface area (Å²) in [4.78, 5) is 50.7. The van der Waals surface area contributed by atoms with Crippen molar-refractivity contribution in [3.63, 3.8) is 0 Å². The van der Waals surface area contributed by atoms with Gasteiger partial charge in [0.05, 0.1) is 73.3 Å². The number of nitrogens with one attached hydrogen (secondary N) is 3. The molecule has 6 N–H and O–H groups in total. The van der Waals surface area contributed by atoms with Crippen LogP contribution in [0.2, 0.25) is 0 Å². The Labute approximate surface area is 591 Å². The number of halogens is 3. The molecule has 0 fully saturated rings. The van der Waals surface area contributed by atoms with E-state index in [-0.39, 0.29) is 125 Å². The lowest BCUT2D eigenvalue weighted by Crippen LogP contribution is -2.26. The Kier molecular flexibility index (Phi) is 24.2. The maximum absolute atomic E-state index is 14.2. The van der Waals surface area contributed by atoms with E-state index < -0.39 is 0 Å². The molecule has 7 unspecified atom stereocenters. The van der Waals surface area contributed by atoms with Crippen molar-refractivity contribution >= 4 is 41.0 Å². The van der Waals surface area contributed by atoms with Gasteiger partial charge in [-0.3, -0.25) is 29.3 Å². The van der Waals surface area contributed by atoms with Gasteiger partial charge in [0.15, 0.2) is 34.5 Å². The molecule has 2 heterocycles. The van der Waals surface area contributed by atoms with Gasteiger partial charge >= 0.3 is 0 Å². The van der Waals surface area contributed by atoms with Gasteiger partial charge in [-0.25, -0.2) is 13.2 Å². The number of amides is 3. The van der Waals surface area contributed by atoms with Crippen molar-refractivity contribution in [3.8, 4) is 51.7 Å². The normalized spacial score (nSPS) is 18.3. The van der Waals surface area contributed by atoms with Crippen molar-refractivity contribution in [1.29, 1.82) is 0 Å². The predicted molar refractivity (Wildman–Crippen MR) is 383 cm³/mol. The number of benzene rings is 7. The van der Waals surface area contributed by atoms with Crippen LogP contribution in [0.5, 0.6) is 51.7 Å². The summed E-state index contributed by atoms with van der Waals surface area (Å²) in [7, 11) is 8.88. The molecule has 9 aromatic rings. The molecule has 18 nitrogen and oxygen atoms in total. The molecule has 7 aromatic carbocycles. The van der Waals surface area contributed by atoms with Crippen molar-refractivity contribution in [2.45, 2.75) is 89.8 Å². The van der Waals surface area contributed by atoms with Crippen molar-refractivity contribution in [2.24, 2.45) is 17.8 Å². The zero-order chi connectivity index (χ0) is 72.7. The second-order valence-corrected chi connectivity index (χ2v) is 25.3. The maximum Gasteiger partial charge on any atom is 0.220 e. The van der Waals surface area contributed by atoms with E-state index in [9.17, 15) is 42.9 Å². The fourth-order valence-electron chi connectivity index (χ4n) is 13.9. The number of phenols is 3. The highest BCUT2D eigenvalue weighted by Crippen LogP contribution is 2.53. The van der Waals surface area contributed by atoms with Crippen LogP contribution in [0.15, 0.2) is 164 Å². The number of aromatic hydroxyl groups is 3. The van der Waals surface area contributed by atoms with E-state index in [0.29, 0.717) is 54.6 Å². The first-order chi connectivity index (χ1) is 49.2. The largest absolute Gasteiger partial charge is 0.502 e. The Morgan fingerprint density at radius 3 is 1.30 bits per heavy atom. The summed E-state index contributed by atoms with van der Waals surface area (Å²) in [6.45, 7) is 7.26. The fraction of sp³-hybridized carbons (Fsp3) is 0.284. The first-order valence-electron chi connectivity index (χ1n) is 33.4. The number of nitrogens with zero attached hydrogens (tertiary/aromatic N) is 3. The number of hydrogen-bond acceptors (Lipinski definition) is 15. The third-order valence-electron chi connectivity index (χ3n) is 19.2.